The molecular weight excluding hydrogens is 270 g/mol. The number of sulfone groups is 1. The van der Waals surface area contributed by atoms with Crippen molar-refractivity contribution in [1.29, 1.82) is 0 Å². The summed E-state index contributed by atoms with van der Waals surface area (Å²) in [5.41, 5.74) is 1.62. The van der Waals surface area contributed by atoms with Crippen LogP contribution in [0.15, 0.2) is 28.5 Å². The fourth-order valence-electron chi connectivity index (χ4n) is 2.31. The molecule has 96 valence electrons. The highest BCUT2D eigenvalue weighted by atomic mass is 35.5. The minimum Gasteiger partial charge on any atom is -0.310 e. The predicted octanol–water partition coefficient (Wildman–Crippen LogP) is 2.61. The smallest absolute Gasteiger partial charge is 0.200 e. The molecule has 1 aliphatic carbocycles. The maximum atomic E-state index is 12.0. The van der Waals surface area contributed by atoms with Gasteiger partial charge in [0.05, 0.1) is 4.90 Å². The van der Waals surface area contributed by atoms with Crippen LogP contribution in [0.4, 0.5) is 0 Å². The van der Waals surface area contributed by atoms with Gasteiger partial charge in [-0.15, -0.1) is 0 Å². The molecule has 0 radical (unpaired) electrons. The fourth-order valence-corrected chi connectivity index (χ4v) is 4.06. The van der Waals surface area contributed by atoms with E-state index in [4.69, 9.17) is 11.6 Å². The molecule has 1 N–H and O–H groups in total. The largest absolute Gasteiger partial charge is 0.310 e. The summed E-state index contributed by atoms with van der Waals surface area (Å²) in [7, 11) is -3.30. The van der Waals surface area contributed by atoms with Gasteiger partial charge in [-0.05, 0) is 36.1 Å². The lowest BCUT2D eigenvalue weighted by Crippen LogP contribution is -2.35. The monoisotopic (exact) mass is 283 g/mol. The van der Waals surface area contributed by atoms with Crippen molar-refractivity contribution in [3.05, 3.63) is 34.2 Å². The van der Waals surface area contributed by atoms with E-state index in [-0.39, 0.29) is 0 Å². The van der Waals surface area contributed by atoms with Gasteiger partial charge in [-0.1, -0.05) is 24.1 Å². The van der Waals surface area contributed by atoms with Crippen molar-refractivity contribution in [2.24, 2.45) is 0 Å². The molecule has 1 saturated carbocycles. The van der Waals surface area contributed by atoms with Gasteiger partial charge in [0.1, 0.15) is 0 Å². The predicted molar refractivity (Wildman–Crippen MR) is 72.3 cm³/mol. The SMILES string of the molecule is O=S1(=O)C=C(CNC2CCC2)c2ccc(Cl)cc21. The van der Waals surface area contributed by atoms with E-state index in [0.29, 0.717) is 22.5 Å². The van der Waals surface area contributed by atoms with Crippen LogP contribution in [0.25, 0.3) is 5.57 Å². The molecule has 1 aromatic rings. The standard InChI is InChI=1S/C13H14ClNO2S/c14-10-4-5-12-9(7-15-11-2-1-3-11)8-18(16,17)13(12)6-10/h4-6,8,11,15H,1-3,7H2. The van der Waals surface area contributed by atoms with Crippen LogP contribution in [-0.4, -0.2) is 21.0 Å². The van der Waals surface area contributed by atoms with Crippen LogP contribution in [0.3, 0.4) is 0 Å². The summed E-state index contributed by atoms with van der Waals surface area (Å²) in [6, 6.07) is 5.60. The third kappa shape index (κ3) is 2.09. The van der Waals surface area contributed by atoms with Crippen molar-refractivity contribution in [3.63, 3.8) is 0 Å². The second-order valence-electron chi connectivity index (χ2n) is 4.84. The topological polar surface area (TPSA) is 46.2 Å². The van der Waals surface area contributed by atoms with Crippen LogP contribution < -0.4 is 5.32 Å². The number of fused-ring (bicyclic) bond motifs is 1. The first-order valence-electron chi connectivity index (χ1n) is 6.05. The molecule has 0 aromatic heterocycles. The fraction of sp³-hybridized carbons (Fsp3) is 0.385. The van der Waals surface area contributed by atoms with Gasteiger partial charge in [-0.3, -0.25) is 0 Å². The van der Waals surface area contributed by atoms with E-state index in [9.17, 15) is 8.42 Å². The zero-order valence-electron chi connectivity index (χ0n) is 9.82. The van der Waals surface area contributed by atoms with Gasteiger partial charge >= 0.3 is 0 Å². The minimum atomic E-state index is -3.30. The number of nitrogens with one attached hydrogen (secondary N) is 1. The quantitative estimate of drug-likeness (QED) is 0.927. The summed E-state index contributed by atoms with van der Waals surface area (Å²) in [5, 5.41) is 5.21. The van der Waals surface area contributed by atoms with Gasteiger partial charge in [0.25, 0.3) is 0 Å². The molecule has 3 nitrogen and oxygen atoms in total. The Kier molecular flexibility index (Phi) is 2.96. The highest BCUT2D eigenvalue weighted by Gasteiger charge is 2.27. The minimum absolute atomic E-state index is 0.334. The second-order valence-corrected chi connectivity index (χ2v) is 7.04. The summed E-state index contributed by atoms with van der Waals surface area (Å²) in [4.78, 5) is 0.334. The van der Waals surface area contributed by atoms with E-state index < -0.39 is 9.84 Å². The Balaban J connectivity index is 1.88. The van der Waals surface area contributed by atoms with Crippen LogP contribution in [0.1, 0.15) is 24.8 Å². The number of hydrogen-bond acceptors (Lipinski definition) is 3. The molecule has 5 heteroatoms. The molecule has 1 aliphatic heterocycles. The zero-order valence-corrected chi connectivity index (χ0v) is 11.4. The molecule has 0 unspecified atom stereocenters. The average Bonchev–Trinajstić information content (AvgIpc) is 2.48. The average molecular weight is 284 g/mol. The molecular formula is C13H14ClNO2S. The summed E-state index contributed by atoms with van der Waals surface area (Å²) < 4.78 is 24.0. The van der Waals surface area contributed by atoms with Crippen molar-refractivity contribution >= 4 is 27.0 Å². The third-order valence-corrected chi connectivity index (χ3v) is 5.36. The van der Waals surface area contributed by atoms with E-state index in [1.807, 2.05) is 0 Å². The normalized spacial score (nSPS) is 21.3. The van der Waals surface area contributed by atoms with Crippen LogP contribution in [0, 0.1) is 0 Å². The second kappa shape index (κ2) is 4.37. The van der Waals surface area contributed by atoms with Crippen molar-refractivity contribution in [2.45, 2.75) is 30.2 Å². The zero-order chi connectivity index (χ0) is 12.8. The van der Waals surface area contributed by atoms with E-state index in [2.05, 4.69) is 5.32 Å². The Labute approximate surface area is 112 Å². The van der Waals surface area contributed by atoms with E-state index in [1.54, 1.807) is 12.1 Å². The van der Waals surface area contributed by atoms with Gasteiger partial charge in [0.2, 0.25) is 9.84 Å². The highest BCUT2D eigenvalue weighted by Crippen LogP contribution is 2.35. The van der Waals surface area contributed by atoms with Crippen molar-refractivity contribution in [1.82, 2.24) is 5.32 Å². The molecule has 1 aromatic carbocycles. The number of halogens is 1. The molecule has 1 heterocycles. The molecule has 0 amide bonds. The Hall–Kier alpha value is -0.840. The lowest BCUT2D eigenvalue weighted by Gasteiger charge is -2.26. The Morgan fingerprint density at radius 1 is 1.33 bits per heavy atom. The first kappa shape index (κ1) is 12.2. The van der Waals surface area contributed by atoms with Crippen molar-refractivity contribution in [2.75, 3.05) is 6.54 Å². The molecule has 0 bridgehead atoms. The van der Waals surface area contributed by atoms with Gasteiger partial charge in [0.15, 0.2) is 0 Å². The van der Waals surface area contributed by atoms with Gasteiger partial charge in [-0.2, -0.15) is 0 Å². The third-order valence-electron chi connectivity index (χ3n) is 3.58. The Bertz CT molecular complexity index is 618. The molecule has 0 saturated heterocycles. The molecule has 3 rings (SSSR count). The lowest BCUT2D eigenvalue weighted by atomic mass is 9.93. The van der Waals surface area contributed by atoms with Gasteiger partial charge in [-0.25, -0.2) is 8.42 Å². The van der Waals surface area contributed by atoms with Crippen molar-refractivity contribution in [3.8, 4) is 0 Å². The maximum absolute atomic E-state index is 12.0. The molecule has 1 fully saturated rings. The van der Waals surface area contributed by atoms with Crippen LogP contribution in [-0.2, 0) is 9.84 Å². The van der Waals surface area contributed by atoms with Crippen LogP contribution >= 0.6 is 11.6 Å². The highest BCUT2D eigenvalue weighted by molar-refractivity contribution is 7.95. The van der Waals surface area contributed by atoms with Gasteiger partial charge < -0.3 is 5.32 Å². The van der Waals surface area contributed by atoms with E-state index >= 15 is 0 Å². The molecule has 0 atom stereocenters. The Morgan fingerprint density at radius 2 is 2.11 bits per heavy atom. The maximum Gasteiger partial charge on any atom is 0.200 e. The summed E-state index contributed by atoms with van der Waals surface area (Å²) >= 11 is 5.85. The van der Waals surface area contributed by atoms with Crippen LogP contribution in [0.5, 0.6) is 0 Å². The Morgan fingerprint density at radius 3 is 2.78 bits per heavy atom. The number of hydrogen-bond donors (Lipinski definition) is 1. The lowest BCUT2D eigenvalue weighted by molar-refractivity contribution is 0.353. The molecule has 18 heavy (non-hydrogen) atoms. The number of rotatable bonds is 3. The van der Waals surface area contributed by atoms with E-state index in [1.165, 1.54) is 30.7 Å². The van der Waals surface area contributed by atoms with E-state index in [0.717, 1.165) is 11.1 Å². The molecule has 0 spiro atoms. The molecule has 2 aliphatic rings. The summed E-state index contributed by atoms with van der Waals surface area (Å²) in [6.07, 6.45) is 3.64. The first-order chi connectivity index (χ1) is 8.56. The van der Waals surface area contributed by atoms with Crippen LogP contribution in [0.2, 0.25) is 5.02 Å². The summed E-state index contributed by atoms with van der Waals surface area (Å²) in [6.45, 7) is 0.610. The summed E-state index contributed by atoms with van der Waals surface area (Å²) in [5.74, 6) is 0. The number of benzene rings is 1. The van der Waals surface area contributed by atoms with Crippen molar-refractivity contribution < 1.29 is 8.42 Å². The van der Waals surface area contributed by atoms with Gasteiger partial charge in [0, 0.05) is 23.0 Å². The first-order valence-corrected chi connectivity index (χ1v) is 7.98.